The van der Waals surface area contributed by atoms with E-state index in [0.29, 0.717) is 5.02 Å². The molecule has 9 heteroatoms. The Kier molecular flexibility index (Phi) is 5.26. The Bertz CT molecular complexity index is 836. The molecular weight excluding hydrogens is 348 g/mol. The van der Waals surface area contributed by atoms with Crippen molar-refractivity contribution < 1.29 is 17.2 Å². The van der Waals surface area contributed by atoms with Gasteiger partial charge in [0.25, 0.3) is 6.43 Å². The number of hydrogen-bond acceptors (Lipinski definition) is 4. The van der Waals surface area contributed by atoms with E-state index in [1.54, 1.807) is 6.07 Å². The van der Waals surface area contributed by atoms with Crippen molar-refractivity contribution in [1.29, 1.82) is 5.26 Å². The van der Waals surface area contributed by atoms with E-state index < -0.39 is 22.5 Å². The molecule has 0 fully saturated rings. The lowest BCUT2D eigenvalue weighted by Crippen LogP contribution is -2.33. The van der Waals surface area contributed by atoms with E-state index in [4.69, 9.17) is 16.9 Å². The number of nitrogens with one attached hydrogen (secondary N) is 1. The molecule has 0 amide bonds. The lowest BCUT2D eigenvalue weighted by molar-refractivity contribution is 0.109. The van der Waals surface area contributed by atoms with Crippen molar-refractivity contribution in [3.05, 3.63) is 58.9 Å². The third-order valence-corrected chi connectivity index (χ3v) is 4.58. The molecule has 1 unspecified atom stereocenters. The van der Waals surface area contributed by atoms with E-state index in [9.17, 15) is 17.2 Å². The molecule has 0 radical (unpaired) electrons. The van der Waals surface area contributed by atoms with Crippen LogP contribution in [0.5, 0.6) is 0 Å². The number of halogens is 3. The average molecular weight is 358 g/mol. The van der Waals surface area contributed by atoms with E-state index in [2.05, 4.69) is 4.98 Å². The van der Waals surface area contributed by atoms with Crippen LogP contribution in [0.25, 0.3) is 0 Å². The van der Waals surface area contributed by atoms with Gasteiger partial charge in [-0.25, -0.2) is 17.2 Å². The number of benzene rings is 1. The van der Waals surface area contributed by atoms with Gasteiger partial charge in [-0.05, 0) is 23.8 Å². The summed E-state index contributed by atoms with van der Waals surface area (Å²) in [5.74, 6) is 0. The molecular formula is C14H10ClF2N3O2S. The van der Waals surface area contributed by atoms with Gasteiger partial charge in [-0.2, -0.15) is 9.98 Å². The molecule has 120 valence electrons. The molecule has 1 atom stereocenters. The Hall–Kier alpha value is -2.08. The highest BCUT2D eigenvalue weighted by Gasteiger charge is 2.28. The van der Waals surface area contributed by atoms with E-state index in [1.807, 2.05) is 4.72 Å². The number of alkyl halides is 2. The highest BCUT2D eigenvalue weighted by atomic mass is 35.5. The molecule has 1 N–H and O–H groups in total. The maximum atomic E-state index is 13.2. The second kappa shape index (κ2) is 7.00. The van der Waals surface area contributed by atoms with Crippen molar-refractivity contribution in [2.24, 2.45) is 0 Å². The van der Waals surface area contributed by atoms with Crippen molar-refractivity contribution in [3.8, 4) is 6.07 Å². The quantitative estimate of drug-likeness (QED) is 0.891. The number of nitriles is 1. The van der Waals surface area contributed by atoms with Crippen LogP contribution in [0.1, 0.15) is 17.2 Å². The first kappa shape index (κ1) is 17.3. The second-order valence-corrected chi connectivity index (χ2v) is 6.66. The van der Waals surface area contributed by atoms with Crippen LogP contribution in [0, 0.1) is 11.3 Å². The summed E-state index contributed by atoms with van der Waals surface area (Å²) in [4.78, 5) is 3.25. The Morgan fingerprint density at radius 3 is 2.43 bits per heavy atom. The molecule has 0 aliphatic carbocycles. The largest absolute Gasteiger partial charge is 0.262 e. The normalized spacial score (nSPS) is 12.8. The first-order valence-corrected chi connectivity index (χ1v) is 8.10. The lowest BCUT2D eigenvalue weighted by Gasteiger charge is -2.18. The van der Waals surface area contributed by atoms with Gasteiger partial charge < -0.3 is 0 Å². The second-order valence-electron chi connectivity index (χ2n) is 4.51. The summed E-state index contributed by atoms with van der Waals surface area (Å²) in [7, 11) is -4.27. The zero-order valence-corrected chi connectivity index (χ0v) is 13.0. The van der Waals surface area contributed by atoms with Crippen LogP contribution in [0.3, 0.4) is 0 Å². The smallest absolute Gasteiger partial charge is 0.258 e. The lowest BCUT2D eigenvalue weighted by atomic mass is 10.1. The van der Waals surface area contributed by atoms with E-state index in [0.717, 1.165) is 12.3 Å². The van der Waals surface area contributed by atoms with Crippen molar-refractivity contribution in [1.82, 2.24) is 9.71 Å². The fraction of sp³-hybridized carbons (Fsp3) is 0.143. The van der Waals surface area contributed by atoms with Gasteiger partial charge in [0, 0.05) is 17.4 Å². The first-order chi connectivity index (χ1) is 10.8. The maximum Gasteiger partial charge on any atom is 0.258 e. The van der Waals surface area contributed by atoms with Gasteiger partial charge in [0.1, 0.15) is 17.0 Å². The van der Waals surface area contributed by atoms with Gasteiger partial charge >= 0.3 is 0 Å². The standard InChI is InChI=1S/C14H10ClF2N3O2S/c15-11-3-1-10(2-4-11)13(14(16)17)20-23(21,22)12-5-9(6-18)7-19-8-12/h1-5,7-8,13-14,20H. The summed E-state index contributed by atoms with van der Waals surface area (Å²) in [5.41, 5.74) is 0.0744. The van der Waals surface area contributed by atoms with E-state index in [1.165, 1.54) is 30.5 Å². The van der Waals surface area contributed by atoms with Crippen molar-refractivity contribution in [2.75, 3.05) is 0 Å². The monoisotopic (exact) mass is 357 g/mol. The zero-order valence-electron chi connectivity index (χ0n) is 11.4. The minimum Gasteiger partial charge on any atom is -0.262 e. The third kappa shape index (κ3) is 4.22. The molecule has 23 heavy (non-hydrogen) atoms. The van der Waals surface area contributed by atoms with Crippen LogP contribution in [0.2, 0.25) is 5.02 Å². The fourth-order valence-corrected chi connectivity index (χ4v) is 3.11. The Morgan fingerprint density at radius 2 is 1.87 bits per heavy atom. The molecule has 1 heterocycles. The molecule has 2 rings (SSSR count). The van der Waals surface area contributed by atoms with Gasteiger partial charge in [0.05, 0.1) is 5.56 Å². The minimum atomic E-state index is -4.27. The summed E-state index contributed by atoms with van der Waals surface area (Å²) in [6.45, 7) is 0. The number of rotatable bonds is 5. The molecule has 0 spiro atoms. The number of aromatic nitrogens is 1. The Morgan fingerprint density at radius 1 is 1.22 bits per heavy atom. The van der Waals surface area contributed by atoms with Crippen molar-refractivity contribution in [3.63, 3.8) is 0 Å². The van der Waals surface area contributed by atoms with Crippen LogP contribution in [0.15, 0.2) is 47.6 Å². The molecule has 2 aromatic rings. The predicted octanol–water partition coefficient (Wildman–Crippen LogP) is 2.89. The Labute approximate surface area is 136 Å². The summed E-state index contributed by atoms with van der Waals surface area (Å²) >= 11 is 5.69. The third-order valence-electron chi connectivity index (χ3n) is 2.92. The average Bonchev–Trinajstić information content (AvgIpc) is 2.53. The zero-order chi connectivity index (χ0) is 17.0. The van der Waals surface area contributed by atoms with Gasteiger partial charge in [-0.3, -0.25) is 4.98 Å². The topological polar surface area (TPSA) is 82.8 Å². The highest BCUT2D eigenvalue weighted by Crippen LogP contribution is 2.24. The van der Waals surface area contributed by atoms with E-state index in [-0.39, 0.29) is 16.0 Å². The summed E-state index contributed by atoms with van der Waals surface area (Å²) in [5, 5.41) is 9.11. The minimum absolute atomic E-state index is 0.00737. The highest BCUT2D eigenvalue weighted by molar-refractivity contribution is 7.89. The predicted molar refractivity (Wildman–Crippen MR) is 79.5 cm³/mol. The van der Waals surface area contributed by atoms with Crippen LogP contribution in [0.4, 0.5) is 8.78 Å². The molecule has 1 aromatic carbocycles. The molecule has 5 nitrogen and oxygen atoms in total. The van der Waals surface area contributed by atoms with Crippen LogP contribution in [-0.4, -0.2) is 19.8 Å². The van der Waals surface area contributed by atoms with Gasteiger partial charge in [0.15, 0.2) is 0 Å². The molecule has 0 bridgehead atoms. The molecule has 0 aliphatic heterocycles. The summed E-state index contributed by atoms with van der Waals surface area (Å²) in [6.07, 6.45) is -0.825. The summed E-state index contributed by atoms with van der Waals surface area (Å²) < 4.78 is 52.9. The first-order valence-electron chi connectivity index (χ1n) is 6.24. The van der Waals surface area contributed by atoms with Crippen LogP contribution in [-0.2, 0) is 10.0 Å². The number of sulfonamides is 1. The van der Waals surface area contributed by atoms with Crippen LogP contribution < -0.4 is 4.72 Å². The van der Waals surface area contributed by atoms with Gasteiger partial charge in [-0.15, -0.1) is 0 Å². The van der Waals surface area contributed by atoms with Crippen LogP contribution >= 0.6 is 11.6 Å². The van der Waals surface area contributed by atoms with Crippen molar-refractivity contribution in [2.45, 2.75) is 17.4 Å². The molecule has 0 aliphatic rings. The van der Waals surface area contributed by atoms with E-state index >= 15 is 0 Å². The number of hydrogen-bond donors (Lipinski definition) is 1. The molecule has 0 saturated heterocycles. The SMILES string of the molecule is N#Cc1cncc(S(=O)(=O)NC(c2ccc(Cl)cc2)C(F)F)c1. The summed E-state index contributed by atoms with van der Waals surface area (Å²) in [6, 6.07) is 6.44. The van der Waals surface area contributed by atoms with Gasteiger partial charge in [-0.1, -0.05) is 23.7 Å². The Balaban J connectivity index is 2.35. The maximum absolute atomic E-state index is 13.2. The van der Waals surface area contributed by atoms with Crippen molar-refractivity contribution >= 4 is 21.6 Å². The number of nitrogens with zero attached hydrogens (tertiary/aromatic N) is 2. The molecule has 0 saturated carbocycles. The molecule has 1 aromatic heterocycles. The fourth-order valence-electron chi connectivity index (χ4n) is 1.80. The van der Waals surface area contributed by atoms with Gasteiger partial charge in [0.2, 0.25) is 10.0 Å². The number of pyridine rings is 1.